The molecule has 2 atom stereocenters. The molecule has 1 saturated heterocycles. The van der Waals surface area contributed by atoms with Gasteiger partial charge in [-0.2, -0.15) is 0 Å². The van der Waals surface area contributed by atoms with E-state index in [1.165, 1.54) is 6.07 Å². The number of nitrogens with one attached hydrogen (secondary N) is 1. The highest BCUT2D eigenvalue weighted by molar-refractivity contribution is 7.81. The molecule has 2 unspecified atom stereocenters. The standard InChI is InChI=1S/C19H29FN2O5S/c1-3-8-22(28(2)26)12-14-4-5-15(11-16(14)20)19(6-9-27-10-7-19)21-18(25)17(24)13-23/h4-5,11,17,23-24H,3,6-10,12-13H2,1-2H3,(H,21,25). The Bertz CT molecular complexity index is 697. The van der Waals surface area contributed by atoms with E-state index >= 15 is 0 Å². The monoisotopic (exact) mass is 416 g/mol. The average molecular weight is 417 g/mol. The minimum Gasteiger partial charge on any atom is -0.393 e. The second-order valence-corrected chi connectivity index (χ2v) is 8.34. The summed E-state index contributed by atoms with van der Waals surface area (Å²) in [4.78, 5) is 12.2. The number of benzene rings is 1. The Hall–Kier alpha value is -1.39. The first kappa shape index (κ1) is 22.9. The van der Waals surface area contributed by atoms with Gasteiger partial charge in [-0.1, -0.05) is 19.1 Å². The minimum atomic E-state index is -1.54. The summed E-state index contributed by atoms with van der Waals surface area (Å²) in [6.07, 6.45) is 1.70. The molecule has 0 aromatic heterocycles. The van der Waals surface area contributed by atoms with E-state index in [-0.39, 0.29) is 6.54 Å². The fourth-order valence-corrected chi connectivity index (χ4v) is 4.08. The quantitative estimate of drug-likeness (QED) is 0.553. The van der Waals surface area contributed by atoms with Crippen molar-refractivity contribution in [2.75, 3.05) is 32.6 Å². The summed E-state index contributed by atoms with van der Waals surface area (Å²) in [7, 11) is -1.20. The van der Waals surface area contributed by atoms with Crippen molar-refractivity contribution in [1.29, 1.82) is 0 Å². The second kappa shape index (κ2) is 10.4. The number of halogens is 1. The predicted molar refractivity (Wildman–Crippen MR) is 104 cm³/mol. The van der Waals surface area contributed by atoms with E-state index in [0.717, 1.165) is 6.42 Å². The molecule has 0 radical (unpaired) electrons. The van der Waals surface area contributed by atoms with E-state index in [4.69, 9.17) is 9.84 Å². The molecule has 1 heterocycles. The van der Waals surface area contributed by atoms with Crippen molar-refractivity contribution in [3.8, 4) is 0 Å². The first-order valence-electron chi connectivity index (χ1n) is 9.39. The maximum absolute atomic E-state index is 14.8. The van der Waals surface area contributed by atoms with Gasteiger partial charge in [0.25, 0.3) is 5.91 Å². The Labute approximate surface area is 167 Å². The molecule has 1 aromatic carbocycles. The fraction of sp³-hybridized carbons (Fsp3) is 0.632. The van der Waals surface area contributed by atoms with Crippen molar-refractivity contribution in [3.05, 3.63) is 35.1 Å². The lowest BCUT2D eigenvalue weighted by atomic mass is 9.82. The third kappa shape index (κ3) is 5.57. The van der Waals surface area contributed by atoms with Gasteiger partial charge >= 0.3 is 0 Å². The summed E-state index contributed by atoms with van der Waals surface area (Å²) < 4.78 is 33.8. The van der Waals surface area contributed by atoms with Crippen molar-refractivity contribution in [3.63, 3.8) is 0 Å². The number of carbonyl (C=O) groups excluding carboxylic acids is 1. The highest BCUT2D eigenvalue weighted by Crippen LogP contribution is 2.33. The van der Waals surface area contributed by atoms with E-state index in [9.17, 15) is 18.5 Å². The Morgan fingerprint density at radius 3 is 2.64 bits per heavy atom. The smallest absolute Gasteiger partial charge is 0.251 e. The van der Waals surface area contributed by atoms with E-state index in [0.29, 0.717) is 43.7 Å². The van der Waals surface area contributed by atoms with Crippen molar-refractivity contribution in [2.24, 2.45) is 0 Å². The van der Waals surface area contributed by atoms with Crippen molar-refractivity contribution < 1.29 is 28.3 Å². The van der Waals surface area contributed by atoms with Crippen LogP contribution in [0.4, 0.5) is 4.39 Å². The van der Waals surface area contributed by atoms with Crippen LogP contribution in [0.1, 0.15) is 37.3 Å². The van der Waals surface area contributed by atoms with Crippen molar-refractivity contribution >= 4 is 16.9 Å². The molecule has 3 N–H and O–H groups in total. The van der Waals surface area contributed by atoms with Gasteiger partial charge in [0.2, 0.25) is 0 Å². The summed E-state index contributed by atoms with van der Waals surface area (Å²) >= 11 is 0. The van der Waals surface area contributed by atoms with Gasteiger partial charge in [0, 0.05) is 38.1 Å². The average Bonchev–Trinajstić information content (AvgIpc) is 2.68. The zero-order valence-corrected chi connectivity index (χ0v) is 17.1. The van der Waals surface area contributed by atoms with Crippen LogP contribution in [0.2, 0.25) is 0 Å². The Morgan fingerprint density at radius 1 is 1.43 bits per heavy atom. The van der Waals surface area contributed by atoms with Gasteiger partial charge in [0.1, 0.15) is 5.82 Å². The zero-order valence-electron chi connectivity index (χ0n) is 16.3. The molecule has 0 saturated carbocycles. The van der Waals surface area contributed by atoms with Crippen molar-refractivity contribution in [2.45, 2.75) is 44.4 Å². The summed E-state index contributed by atoms with van der Waals surface area (Å²) in [5.74, 6) is -1.14. The summed E-state index contributed by atoms with van der Waals surface area (Å²) in [6, 6.07) is 4.78. The predicted octanol–water partition coefficient (Wildman–Crippen LogP) is 0.806. The SMILES string of the molecule is CCCN(Cc1ccc(C2(NC(=O)C(O)CO)CCOCC2)cc1F)S(C)=O. The molecule has 1 aromatic rings. The van der Waals surface area contributed by atoms with Gasteiger partial charge < -0.3 is 20.3 Å². The second-order valence-electron chi connectivity index (χ2n) is 6.98. The largest absolute Gasteiger partial charge is 0.393 e. The lowest BCUT2D eigenvalue weighted by Crippen LogP contribution is -2.53. The topological polar surface area (TPSA) is 99.1 Å². The molecule has 7 nitrogen and oxygen atoms in total. The van der Waals surface area contributed by atoms with Crippen LogP contribution in [0.25, 0.3) is 0 Å². The molecule has 0 aliphatic carbocycles. The van der Waals surface area contributed by atoms with Crippen molar-refractivity contribution in [1.82, 2.24) is 9.62 Å². The van der Waals surface area contributed by atoms with Crippen LogP contribution >= 0.6 is 0 Å². The highest BCUT2D eigenvalue weighted by Gasteiger charge is 2.37. The lowest BCUT2D eigenvalue weighted by Gasteiger charge is -2.39. The number of aliphatic hydroxyl groups excluding tert-OH is 2. The first-order valence-corrected chi connectivity index (χ1v) is 10.9. The molecule has 28 heavy (non-hydrogen) atoms. The molecule has 1 amide bonds. The van der Waals surface area contributed by atoms with Gasteiger partial charge in [-0.05, 0) is 30.9 Å². The highest BCUT2D eigenvalue weighted by atomic mass is 32.2. The molecule has 9 heteroatoms. The van der Waals surface area contributed by atoms with E-state index in [2.05, 4.69) is 5.32 Å². The molecule has 0 spiro atoms. The maximum atomic E-state index is 14.8. The number of amides is 1. The molecule has 1 aliphatic rings. The molecule has 1 aliphatic heterocycles. The Balaban J connectivity index is 2.28. The van der Waals surface area contributed by atoms with Gasteiger partial charge in [-0.3, -0.25) is 4.79 Å². The molecule has 2 rings (SSSR count). The number of hydrogen-bond acceptors (Lipinski definition) is 5. The Morgan fingerprint density at radius 2 is 2.11 bits per heavy atom. The lowest BCUT2D eigenvalue weighted by molar-refractivity contribution is -0.134. The molecule has 158 valence electrons. The molecular formula is C19H29FN2O5S. The maximum Gasteiger partial charge on any atom is 0.251 e. The van der Waals surface area contributed by atoms with Crippen LogP contribution in [0, 0.1) is 5.82 Å². The van der Waals surface area contributed by atoms with E-state index in [1.54, 1.807) is 22.7 Å². The van der Waals surface area contributed by atoms with Gasteiger partial charge in [-0.15, -0.1) is 0 Å². The number of aliphatic hydroxyl groups is 2. The van der Waals surface area contributed by atoms with Crippen LogP contribution < -0.4 is 5.32 Å². The number of carbonyl (C=O) groups is 1. The minimum absolute atomic E-state index is 0.231. The number of rotatable bonds is 9. The number of ether oxygens (including phenoxy) is 1. The van der Waals surface area contributed by atoms with Gasteiger partial charge in [-0.25, -0.2) is 12.9 Å². The zero-order chi connectivity index (χ0) is 20.7. The first-order chi connectivity index (χ1) is 13.3. The normalized spacial score (nSPS) is 18.6. The molecule has 0 bridgehead atoms. The van der Waals surface area contributed by atoms with E-state index < -0.39 is 41.0 Å². The summed E-state index contributed by atoms with van der Waals surface area (Å²) in [5.41, 5.74) is 0.133. The molecule has 1 fully saturated rings. The van der Waals surface area contributed by atoms with Crippen LogP contribution in [-0.4, -0.2) is 63.4 Å². The third-order valence-corrected chi connectivity index (χ3v) is 6.01. The van der Waals surface area contributed by atoms with Gasteiger partial charge in [0.15, 0.2) is 6.10 Å². The van der Waals surface area contributed by atoms with Gasteiger partial charge in [0.05, 0.1) is 23.1 Å². The fourth-order valence-electron chi connectivity index (χ4n) is 3.32. The number of hydrogen-bond donors (Lipinski definition) is 3. The number of nitrogens with zero attached hydrogens (tertiary/aromatic N) is 1. The molecular weight excluding hydrogens is 387 g/mol. The van der Waals surface area contributed by atoms with Crippen LogP contribution in [0.5, 0.6) is 0 Å². The summed E-state index contributed by atoms with van der Waals surface area (Å²) in [6.45, 7) is 2.89. The van der Waals surface area contributed by atoms with Crippen LogP contribution in [0.3, 0.4) is 0 Å². The Kier molecular flexibility index (Phi) is 8.51. The van der Waals surface area contributed by atoms with Crippen LogP contribution in [0.15, 0.2) is 18.2 Å². The van der Waals surface area contributed by atoms with E-state index in [1.807, 2.05) is 6.92 Å². The summed E-state index contributed by atoms with van der Waals surface area (Å²) in [5, 5.41) is 21.4. The third-order valence-electron chi connectivity index (χ3n) is 4.97. The van der Waals surface area contributed by atoms with Crippen LogP contribution in [-0.2, 0) is 32.6 Å².